The molecule has 3 rings (SSSR count). The second-order valence-corrected chi connectivity index (χ2v) is 5.42. The van der Waals surface area contributed by atoms with E-state index in [4.69, 9.17) is 14.2 Å². The van der Waals surface area contributed by atoms with Crippen molar-refractivity contribution in [2.45, 2.75) is 0 Å². The highest BCUT2D eigenvalue weighted by atomic mass is 16.5. The number of carbonyl (C=O) groups excluding carboxylic acids is 1. The van der Waals surface area contributed by atoms with Crippen molar-refractivity contribution in [1.29, 1.82) is 0 Å². The molecule has 0 radical (unpaired) electrons. The van der Waals surface area contributed by atoms with Gasteiger partial charge in [-0.25, -0.2) is 0 Å². The first-order chi connectivity index (χ1) is 12.2. The lowest BCUT2D eigenvalue weighted by Crippen LogP contribution is -2.28. The summed E-state index contributed by atoms with van der Waals surface area (Å²) in [6, 6.07) is 14.7. The van der Waals surface area contributed by atoms with Gasteiger partial charge in [-0.05, 0) is 48.5 Å². The predicted octanol–water partition coefficient (Wildman–Crippen LogP) is 2.99. The summed E-state index contributed by atoms with van der Waals surface area (Å²) in [5.41, 5.74) is 1.40. The summed E-state index contributed by atoms with van der Waals surface area (Å²) in [6.07, 6.45) is 0. The molecule has 25 heavy (non-hydrogen) atoms. The molecular weight excluding hydrogens is 320 g/mol. The standard InChI is InChI=1S/C19H20N2O4/c1-23-14-3-5-15(6-4-14)25-10-9-20-19(22)18-12-13-11-16(24-2)7-8-17(13)21-18/h3-8,11-12,21H,9-10H2,1-2H3,(H,20,22). The van der Waals surface area contributed by atoms with Gasteiger partial charge in [-0.1, -0.05) is 0 Å². The fraction of sp³-hybridized carbons (Fsp3) is 0.211. The second kappa shape index (κ2) is 7.61. The monoisotopic (exact) mass is 340 g/mol. The van der Waals surface area contributed by atoms with Crippen molar-refractivity contribution in [3.05, 3.63) is 54.2 Å². The molecular formula is C19H20N2O4. The summed E-state index contributed by atoms with van der Waals surface area (Å²) in [6.45, 7) is 0.787. The number of hydrogen-bond donors (Lipinski definition) is 2. The summed E-state index contributed by atoms with van der Waals surface area (Å²) in [4.78, 5) is 15.3. The van der Waals surface area contributed by atoms with Gasteiger partial charge in [-0.3, -0.25) is 4.79 Å². The molecule has 0 spiro atoms. The molecule has 0 fully saturated rings. The number of fused-ring (bicyclic) bond motifs is 1. The maximum absolute atomic E-state index is 12.2. The Kier molecular flexibility index (Phi) is 5.09. The third kappa shape index (κ3) is 4.03. The van der Waals surface area contributed by atoms with Crippen LogP contribution in [0, 0.1) is 0 Å². The summed E-state index contributed by atoms with van der Waals surface area (Å²) in [5.74, 6) is 2.09. The Balaban J connectivity index is 1.51. The number of ether oxygens (including phenoxy) is 3. The lowest BCUT2D eigenvalue weighted by atomic mass is 10.2. The van der Waals surface area contributed by atoms with E-state index in [1.54, 1.807) is 20.3 Å². The third-order valence-electron chi connectivity index (χ3n) is 3.79. The van der Waals surface area contributed by atoms with Crippen LogP contribution < -0.4 is 19.5 Å². The lowest BCUT2D eigenvalue weighted by molar-refractivity contribution is 0.0943. The average molecular weight is 340 g/mol. The SMILES string of the molecule is COc1ccc(OCCNC(=O)c2cc3cc(OC)ccc3[nH]2)cc1. The van der Waals surface area contributed by atoms with Crippen LogP contribution in [0.1, 0.15) is 10.5 Å². The van der Waals surface area contributed by atoms with Gasteiger partial charge in [0.1, 0.15) is 29.5 Å². The molecule has 0 aliphatic rings. The lowest BCUT2D eigenvalue weighted by Gasteiger charge is -2.07. The van der Waals surface area contributed by atoms with E-state index >= 15 is 0 Å². The normalized spacial score (nSPS) is 10.5. The molecule has 1 amide bonds. The Labute approximate surface area is 145 Å². The van der Waals surface area contributed by atoms with E-state index in [2.05, 4.69) is 10.3 Å². The van der Waals surface area contributed by atoms with Crippen molar-refractivity contribution >= 4 is 16.8 Å². The number of aromatic nitrogens is 1. The number of benzene rings is 2. The zero-order chi connectivity index (χ0) is 17.6. The third-order valence-corrected chi connectivity index (χ3v) is 3.79. The molecule has 2 N–H and O–H groups in total. The topological polar surface area (TPSA) is 72.6 Å². The molecule has 0 unspecified atom stereocenters. The zero-order valence-electron chi connectivity index (χ0n) is 14.2. The van der Waals surface area contributed by atoms with Crippen LogP contribution in [-0.2, 0) is 0 Å². The van der Waals surface area contributed by atoms with E-state index in [-0.39, 0.29) is 5.91 Å². The van der Waals surface area contributed by atoms with E-state index < -0.39 is 0 Å². The predicted molar refractivity (Wildman–Crippen MR) is 95.7 cm³/mol. The van der Waals surface area contributed by atoms with E-state index in [0.717, 1.165) is 28.2 Å². The summed E-state index contributed by atoms with van der Waals surface area (Å²) in [5, 5.41) is 3.76. The van der Waals surface area contributed by atoms with Gasteiger partial charge in [-0.15, -0.1) is 0 Å². The number of carbonyl (C=O) groups is 1. The van der Waals surface area contributed by atoms with Gasteiger partial charge in [-0.2, -0.15) is 0 Å². The molecule has 0 saturated carbocycles. The Morgan fingerprint density at radius 1 is 0.960 bits per heavy atom. The van der Waals surface area contributed by atoms with Gasteiger partial charge in [0, 0.05) is 10.9 Å². The van der Waals surface area contributed by atoms with E-state index in [0.29, 0.717) is 18.8 Å². The van der Waals surface area contributed by atoms with Crippen LogP contribution in [0.3, 0.4) is 0 Å². The first-order valence-electron chi connectivity index (χ1n) is 7.91. The van der Waals surface area contributed by atoms with Gasteiger partial charge in [0.2, 0.25) is 0 Å². The highest BCUT2D eigenvalue weighted by Crippen LogP contribution is 2.21. The van der Waals surface area contributed by atoms with Gasteiger partial charge < -0.3 is 24.5 Å². The minimum Gasteiger partial charge on any atom is -0.497 e. The van der Waals surface area contributed by atoms with E-state index in [1.807, 2.05) is 42.5 Å². The van der Waals surface area contributed by atoms with Crippen LogP contribution in [0.25, 0.3) is 10.9 Å². The van der Waals surface area contributed by atoms with Crippen molar-refractivity contribution in [2.75, 3.05) is 27.4 Å². The molecule has 1 aromatic heterocycles. The van der Waals surface area contributed by atoms with Crippen molar-refractivity contribution in [2.24, 2.45) is 0 Å². The highest BCUT2D eigenvalue weighted by molar-refractivity contribution is 5.98. The molecule has 130 valence electrons. The number of hydrogen-bond acceptors (Lipinski definition) is 4. The Morgan fingerprint density at radius 2 is 1.64 bits per heavy atom. The van der Waals surface area contributed by atoms with E-state index in [9.17, 15) is 4.79 Å². The maximum Gasteiger partial charge on any atom is 0.267 e. The van der Waals surface area contributed by atoms with Gasteiger partial charge in [0.25, 0.3) is 5.91 Å². The van der Waals surface area contributed by atoms with Crippen LogP contribution in [-0.4, -0.2) is 38.3 Å². The molecule has 0 aliphatic heterocycles. The fourth-order valence-corrected chi connectivity index (χ4v) is 2.46. The first kappa shape index (κ1) is 16.7. The molecule has 6 heteroatoms. The highest BCUT2D eigenvalue weighted by Gasteiger charge is 2.09. The Hall–Kier alpha value is -3.15. The number of aromatic amines is 1. The molecule has 6 nitrogen and oxygen atoms in total. The average Bonchev–Trinajstić information content (AvgIpc) is 3.08. The van der Waals surface area contributed by atoms with Gasteiger partial charge in [0.15, 0.2) is 0 Å². The number of nitrogens with one attached hydrogen (secondary N) is 2. The number of amides is 1. The van der Waals surface area contributed by atoms with Crippen molar-refractivity contribution in [1.82, 2.24) is 10.3 Å². The molecule has 0 bridgehead atoms. The molecule has 0 aliphatic carbocycles. The number of methoxy groups -OCH3 is 2. The number of H-pyrrole nitrogens is 1. The molecule has 2 aromatic carbocycles. The first-order valence-corrected chi connectivity index (χ1v) is 7.91. The molecule has 0 atom stereocenters. The summed E-state index contributed by atoms with van der Waals surface area (Å²) in [7, 11) is 3.23. The van der Waals surface area contributed by atoms with Crippen LogP contribution in [0.4, 0.5) is 0 Å². The largest absolute Gasteiger partial charge is 0.497 e. The number of rotatable bonds is 7. The van der Waals surface area contributed by atoms with Crippen LogP contribution >= 0.6 is 0 Å². The Morgan fingerprint density at radius 3 is 2.36 bits per heavy atom. The Bertz CT molecular complexity index is 855. The summed E-state index contributed by atoms with van der Waals surface area (Å²) >= 11 is 0. The molecule has 1 heterocycles. The summed E-state index contributed by atoms with van der Waals surface area (Å²) < 4.78 is 15.9. The zero-order valence-corrected chi connectivity index (χ0v) is 14.2. The molecule has 0 saturated heterocycles. The van der Waals surface area contributed by atoms with Crippen LogP contribution in [0.2, 0.25) is 0 Å². The smallest absolute Gasteiger partial charge is 0.267 e. The van der Waals surface area contributed by atoms with Crippen LogP contribution in [0.5, 0.6) is 17.2 Å². The van der Waals surface area contributed by atoms with E-state index in [1.165, 1.54) is 0 Å². The van der Waals surface area contributed by atoms with Crippen molar-refractivity contribution in [3.8, 4) is 17.2 Å². The second-order valence-electron chi connectivity index (χ2n) is 5.42. The van der Waals surface area contributed by atoms with Gasteiger partial charge in [0.05, 0.1) is 20.8 Å². The minimum atomic E-state index is -0.173. The van der Waals surface area contributed by atoms with Crippen LogP contribution in [0.15, 0.2) is 48.5 Å². The minimum absolute atomic E-state index is 0.173. The molecule has 3 aromatic rings. The van der Waals surface area contributed by atoms with Crippen molar-refractivity contribution < 1.29 is 19.0 Å². The van der Waals surface area contributed by atoms with Crippen molar-refractivity contribution in [3.63, 3.8) is 0 Å². The fourth-order valence-electron chi connectivity index (χ4n) is 2.46. The maximum atomic E-state index is 12.2. The quantitative estimate of drug-likeness (QED) is 0.649. The van der Waals surface area contributed by atoms with Gasteiger partial charge >= 0.3 is 0 Å².